The van der Waals surface area contributed by atoms with Crippen molar-refractivity contribution < 1.29 is 19.1 Å². The Labute approximate surface area is 229 Å². The van der Waals surface area contributed by atoms with Crippen molar-refractivity contribution in [2.75, 3.05) is 59.6 Å². The second-order valence-electron chi connectivity index (χ2n) is 9.37. The molecule has 38 heavy (non-hydrogen) atoms. The third kappa shape index (κ3) is 7.03. The van der Waals surface area contributed by atoms with Gasteiger partial charge >= 0.3 is 6.03 Å². The lowest BCUT2D eigenvalue weighted by atomic mass is 9.98. The molecule has 4 rings (SSSR count). The third-order valence-corrected chi connectivity index (χ3v) is 7.11. The lowest BCUT2D eigenvalue weighted by molar-refractivity contribution is -0.133. The number of rotatable bonds is 10. The Morgan fingerprint density at radius 1 is 1.16 bits per heavy atom. The molecule has 0 aromatic heterocycles. The van der Waals surface area contributed by atoms with E-state index in [4.69, 9.17) is 26.2 Å². The van der Waals surface area contributed by atoms with Gasteiger partial charge in [-0.3, -0.25) is 9.69 Å². The Morgan fingerprint density at radius 3 is 2.58 bits per heavy atom. The molecule has 2 aromatic rings. The van der Waals surface area contributed by atoms with E-state index < -0.39 is 0 Å². The maximum absolute atomic E-state index is 13.8. The molecule has 1 N–H and O–H groups in total. The number of ether oxygens (including phenoxy) is 2. The smallest absolute Gasteiger partial charge is 0.317 e. The molecule has 0 radical (unpaired) electrons. The second kappa shape index (κ2) is 13.6. The first-order chi connectivity index (χ1) is 18.5. The van der Waals surface area contributed by atoms with Gasteiger partial charge in [0.2, 0.25) is 0 Å². The highest BCUT2D eigenvalue weighted by atomic mass is 35.5. The number of carbonyl (C=O) groups is 2. The molecule has 2 aliphatic rings. The third-order valence-electron chi connectivity index (χ3n) is 6.78. The molecular formula is C28H36ClN5O4. The molecule has 1 atom stereocenters. The Kier molecular flexibility index (Phi) is 9.98. The van der Waals surface area contributed by atoms with E-state index in [-0.39, 0.29) is 24.5 Å². The first-order valence-corrected chi connectivity index (χ1v) is 13.5. The summed E-state index contributed by atoms with van der Waals surface area (Å²) in [5.41, 5.74) is 2.47. The highest BCUT2D eigenvalue weighted by Gasteiger charge is 2.35. The summed E-state index contributed by atoms with van der Waals surface area (Å²) in [5.74, 6) is 0.486. The number of nitrogens with one attached hydrogen (secondary N) is 1. The molecule has 9 nitrogen and oxygen atoms in total. The van der Waals surface area contributed by atoms with Crippen molar-refractivity contribution in [3.63, 3.8) is 0 Å². The number of methoxy groups -OCH3 is 1. The number of hydrogen-bond acceptors (Lipinski definition) is 6. The normalized spacial score (nSPS) is 17.7. The maximum Gasteiger partial charge on any atom is 0.317 e. The largest absolute Gasteiger partial charge is 0.497 e. The van der Waals surface area contributed by atoms with Gasteiger partial charge in [-0.1, -0.05) is 48.9 Å². The minimum Gasteiger partial charge on any atom is -0.497 e. The molecule has 2 heterocycles. The van der Waals surface area contributed by atoms with Gasteiger partial charge in [0.25, 0.3) is 5.91 Å². The van der Waals surface area contributed by atoms with Crippen molar-refractivity contribution in [2.45, 2.75) is 25.8 Å². The van der Waals surface area contributed by atoms with Crippen molar-refractivity contribution in [1.29, 1.82) is 0 Å². The van der Waals surface area contributed by atoms with Gasteiger partial charge in [0.05, 0.1) is 32.1 Å². The van der Waals surface area contributed by atoms with E-state index in [1.807, 2.05) is 55.5 Å². The molecule has 0 unspecified atom stereocenters. The number of amides is 3. The van der Waals surface area contributed by atoms with Crippen molar-refractivity contribution in [2.24, 2.45) is 5.10 Å². The predicted octanol–water partition coefficient (Wildman–Crippen LogP) is 3.78. The number of carbonyl (C=O) groups excluding carboxylic acids is 2. The zero-order chi connectivity index (χ0) is 26.9. The molecule has 1 fully saturated rings. The molecule has 0 aliphatic carbocycles. The lowest BCUT2D eigenvalue weighted by Gasteiger charge is -2.31. The summed E-state index contributed by atoms with van der Waals surface area (Å²) in [7, 11) is 1.62. The fourth-order valence-corrected chi connectivity index (χ4v) is 4.85. The summed E-state index contributed by atoms with van der Waals surface area (Å²) in [6.45, 7) is 6.56. The molecule has 0 saturated carbocycles. The van der Waals surface area contributed by atoms with Gasteiger partial charge in [-0.25, -0.2) is 9.80 Å². The average molecular weight is 542 g/mol. The number of urea groups is 1. The number of nitrogens with zero attached hydrogens (tertiary/aromatic N) is 4. The summed E-state index contributed by atoms with van der Waals surface area (Å²) in [4.78, 5) is 30.6. The molecule has 10 heteroatoms. The fraction of sp³-hybridized carbons (Fsp3) is 0.464. The van der Waals surface area contributed by atoms with Gasteiger partial charge in [-0.05, 0) is 30.2 Å². The molecule has 0 bridgehead atoms. The number of benzene rings is 2. The molecule has 2 aromatic carbocycles. The SMILES string of the molecule is CCCNC(=O)N(CCN1CCOCC1)CC(=O)N1N=C(c2ccccc2Cl)C[C@@H]1c1ccc(OC)cc1. The van der Waals surface area contributed by atoms with Crippen LogP contribution < -0.4 is 10.1 Å². The van der Waals surface area contributed by atoms with E-state index in [1.165, 1.54) is 5.01 Å². The maximum atomic E-state index is 13.8. The Hall–Kier alpha value is -3.14. The van der Waals surface area contributed by atoms with Crippen molar-refractivity contribution in [1.82, 2.24) is 20.1 Å². The van der Waals surface area contributed by atoms with E-state index >= 15 is 0 Å². The highest BCUT2D eigenvalue weighted by Crippen LogP contribution is 2.35. The van der Waals surface area contributed by atoms with Gasteiger partial charge in [0, 0.05) is 49.7 Å². The minimum atomic E-state index is -0.320. The summed E-state index contributed by atoms with van der Waals surface area (Å²) in [6.07, 6.45) is 1.33. The summed E-state index contributed by atoms with van der Waals surface area (Å²) in [6, 6.07) is 14.6. The van der Waals surface area contributed by atoms with Crippen LogP contribution in [-0.2, 0) is 9.53 Å². The van der Waals surface area contributed by atoms with Crippen molar-refractivity contribution >= 4 is 29.3 Å². The fourth-order valence-electron chi connectivity index (χ4n) is 4.60. The molecule has 3 amide bonds. The van der Waals surface area contributed by atoms with Gasteiger partial charge in [0.1, 0.15) is 12.3 Å². The zero-order valence-corrected chi connectivity index (χ0v) is 22.8. The first kappa shape index (κ1) is 27.9. The van der Waals surface area contributed by atoms with E-state index in [2.05, 4.69) is 10.2 Å². The molecule has 204 valence electrons. The molecule has 0 spiro atoms. The van der Waals surface area contributed by atoms with E-state index in [0.29, 0.717) is 44.3 Å². The summed E-state index contributed by atoms with van der Waals surface area (Å²) < 4.78 is 10.7. The Bertz CT molecular complexity index is 1120. The van der Waals surface area contributed by atoms with Crippen LogP contribution in [0.15, 0.2) is 53.6 Å². The Balaban J connectivity index is 1.56. The number of hydrazone groups is 1. The molecule has 1 saturated heterocycles. The van der Waals surface area contributed by atoms with Crippen LogP contribution >= 0.6 is 11.6 Å². The molecular weight excluding hydrogens is 506 g/mol. The van der Waals surface area contributed by atoms with E-state index in [1.54, 1.807) is 12.0 Å². The van der Waals surface area contributed by atoms with Crippen LogP contribution in [-0.4, -0.2) is 92.1 Å². The average Bonchev–Trinajstić information content (AvgIpc) is 3.40. The molecule has 2 aliphatic heterocycles. The first-order valence-electron chi connectivity index (χ1n) is 13.1. The predicted molar refractivity (Wildman–Crippen MR) is 148 cm³/mol. The van der Waals surface area contributed by atoms with E-state index in [0.717, 1.165) is 42.1 Å². The van der Waals surface area contributed by atoms with Gasteiger partial charge in [-0.15, -0.1) is 0 Å². The highest BCUT2D eigenvalue weighted by molar-refractivity contribution is 6.34. The monoisotopic (exact) mass is 541 g/mol. The number of halogens is 1. The van der Waals surface area contributed by atoms with Crippen LogP contribution in [0.2, 0.25) is 5.02 Å². The standard InChI is InChI=1S/C28H36ClN5O4/c1-3-12-30-28(36)33(14-13-32-15-17-38-18-16-32)20-27(35)34-26(21-8-10-22(37-2)11-9-21)19-25(31-34)23-6-4-5-7-24(23)29/h4-11,26H,3,12-20H2,1-2H3,(H,30,36)/t26-/m1/s1. The van der Waals surface area contributed by atoms with Crippen LogP contribution in [0.3, 0.4) is 0 Å². The van der Waals surface area contributed by atoms with Crippen molar-refractivity contribution in [3.05, 3.63) is 64.7 Å². The van der Waals surface area contributed by atoms with Crippen LogP contribution in [0, 0.1) is 0 Å². The summed E-state index contributed by atoms with van der Waals surface area (Å²) >= 11 is 6.48. The zero-order valence-electron chi connectivity index (χ0n) is 22.1. The quantitative estimate of drug-likeness (QED) is 0.495. The van der Waals surface area contributed by atoms with Crippen LogP contribution in [0.1, 0.15) is 36.9 Å². The Morgan fingerprint density at radius 2 is 1.89 bits per heavy atom. The number of morpholine rings is 1. The van der Waals surface area contributed by atoms with E-state index in [9.17, 15) is 9.59 Å². The lowest BCUT2D eigenvalue weighted by Crippen LogP contribution is -2.49. The number of hydrogen-bond donors (Lipinski definition) is 1. The van der Waals surface area contributed by atoms with Crippen LogP contribution in [0.4, 0.5) is 4.79 Å². The van der Waals surface area contributed by atoms with Gasteiger partial charge in [0.15, 0.2) is 0 Å². The summed E-state index contributed by atoms with van der Waals surface area (Å²) in [5, 5.41) is 9.76. The van der Waals surface area contributed by atoms with Gasteiger partial charge < -0.3 is 19.7 Å². The minimum absolute atomic E-state index is 0.0775. The van der Waals surface area contributed by atoms with Crippen molar-refractivity contribution in [3.8, 4) is 5.75 Å². The van der Waals surface area contributed by atoms with Crippen LogP contribution in [0.5, 0.6) is 5.75 Å². The second-order valence-corrected chi connectivity index (χ2v) is 9.77. The van der Waals surface area contributed by atoms with Gasteiger partial charge in [-0.2, -0.15) is 5.10 Å². The van der Waals surface area contributed by atoms with Crippen LogP contribution in [0.25, 0.3) is 0 Å². The topological polar surface area (TPSA) is 86.7 Å².